The van der Waals surface area contributed by atoms with Crippen LogP contribution in [0.1, 0.15) is 22.9 Å². The lowest BCUT2D eigenvalue weighted by molar-refractivity contribution is 0.415. The van der Waals surface area contributed by atoms with Crippen molar-refractivity contribution in [3.8, 4) is 5.75 Å². The van der Waals surface area contributed by atoms with E-state index in [1.54, 1.807) is 19.2 Å². The van der Waals surface area contributed by atoms with E-state index < -0.39 is 6.04 Å². The molecular formula is C17H16FNO2. The van der Waals surface area contributed by atoms with Gasteiger partial charge in [-0.05, 0) is 42.8 Å². The fourth-order valence-electron chi connectivity index (χ4n) is 2.49. The van der Waals surface area contributed by atoms with Gasteiger partial charge >= 0.3 is 0 Å². The molecule has 2 N–H and O–H groups in total. The molecular weight excluding hydrogens is 269 g/mol. The maximum absolute atomic E-state index is 13.3. The molecule has 3 nitrogen and oxygen atoms in total. The van der Waals surface area contributed by atoms with E-state index >= 15 is 0 Å². The highest BCUT2D eigenvalue weighted by atomic mass is 19.1. The van der Waals surface area contributed by atoms with Crippen molar-refractivity contribution in [3.05, 3.63) is 65.2 Å². The number of hydrogen-bond acceptors (Lipinski definition) is 3. The molecule has 1 aromatic heterocycles. The van der Waals surface area contributed by atoms with Crippen LogP contribution in [0.3, 0.4) is 0 Å². The SMILES string of the molecule is COc1ccc2oc(C(N)c3cccc(F)c3)c(C)c2c1. The average Bonchev–Trinajstić information content (AvgIpc) is 2.83. The van der Waals surface area contributed by atoms with Gasteiger partial charge in [-0.1, -0.05) is 12.1 Å². The summed E-state index contributed by atoms with van der Waals surface area (Å²) in [6, 6.07) is 11.4. The zero-order valence-electron chi connectivity index (χ0n) is 11.9. The molecule has 108 valence electrons. The van der Waals surface area contributed by atoms with Crippen LogP contribution in [-0.4, -0.2) is 7.11 Å². The summed E-state index contributed by atoms with van der Waals surface area (Å²) < 4.78 is 24.4. The summed E-state index contributed by atoms with van der Waals surface area (Å²) >= 11 is 0. The lowest BCUT2D eigenvalue weighted by Crippen LogP contribution is -2.12. The van der Waals surface area contributed by atoms with Gasteiger partial charge in [-0.3, -0.25) is 0 Å². The van der Waals surface area contributed by atoms with Crippen molar-refractivity contribution < 1.29 is 13.5 Å². The van der Waals surface area contributed by atoms with Crippen LogP contribution in [-0.2, 0) is 0 Å². The van der Waals surface area contributed by atoms with Crippen molar-refractivity contribution in [2.75, 3.05) is 7.11 Å². The second-order valence-corrected chi connectivity index (χ2v) is 4.99. The Labute approximate surface area is 122 Å². The summed E-state index contributed by atoms with van der Waals surface area (Å²) in [4.78, 5) is 0. The minimum atomic E-state index is -0.501. The highest BCUT2D eigenvalue weighted by molar-refractivity contribution is 5.83. The Bertz CT molecular complexity index is 795. The number of furan rings is 1. The minimum absolute atomic E-state index is 0.307. The number of halogens is 1. The van der Waals surface area contributed by atoms with E-state index in [1.807, 2.05) is 25.1 Å². The predicted octanol–water partition coefficient (Wildman–Crippen LogP) is 3.94. The van der Waals surface area contributed by atoms with Crippen LogP contribution in [0.2, 0.25) is 0 Å². The zero-order valence-corrected chi connectivity index (χ0v) is 11.9. The van der Waals surface area contributed by atoms with Crippen LogP contribution in [0, 0.1) is 12.7 Å². The largest absolute Gasteiger partial charge is 0.497 e. The highest BCUT2D eigenvalue weighted by Crippen LogP contribution is 2.33. The molecule has 0 saturated heterocycles. The molecule has 21 heavy (non-hydrogen) atoms. The molecule has 0 bridgehead atoms. The van der Waals surface area contributed by atoms with Gasteiger partial charge < -0.3 is 14.9 Å². The van der Waals surface area contributed by atoms with Gasteiger partial charge in [0.15, 0.2) is 0 Å². The number of nitrogens with two attached hydrogens (primary N) is 1. The van der Waals surface area contributed by atoms with E-state index in [0.717, 1.165) is 22.3 Å². The first-order valence-corrected chi connectivity index (χ1v) is 6.68. The Kier molecular flexibility index (Phi) is 3.39. The minimum Gasteiger partial charge on any atom is -0.497 e. The summed E-state index contributed by atoms with van der Waals surface area (Å²) in [6.45, 7) is 1.94. The molecule has 3 aromatic rings. The molecule has 0 aliphatic rings. The molecule has 3 rings (SSSR count). The summed E-state index contributed by atoms with van der Waals surface area (Å²) in [5.74, 6) is 1.10. The third kappa shape index (κ3) is 2.38. The van der Waals surface area contributed by atoms with Gasteiger partial charge in [0.25, 0.3) is 0 Å². The van der Waals surface area contributed by atoms with E-state index in [2.05, 4.69) is 0 Å². The number of fused-ring (bicyclic) bond motifs is 1. The Balaban J connectivity index is 2.10. The van der Waals surface area contributed by atoms with Crippen molar-refractivity contribution in [2.45, 2.75) is 13.0 Å². The van der Waals surface area contributed by atoms with Crippen molar-refractivity contribution in [2.24, 2.45) is 5.73 Å². The van der Waals surface area contributed by atoms with Crippen LogP contribution in [0.25, 0.3) is 11.0 Å². The molecule has 1 heterocycles. The average molecular weight is 285 g/mol. The first-order valence-electron chi connectivity index (χ1n) is 6.68. The van der Waals surface area contributed by atoms with Crippen LogP contribution in [0.4, 0.5) is 4.39 Å². The predicted molar refractivity (Wildman–Crippen MR) is 79.9 cm³/mol. The zero-order chi connectivity index (χ0) is 15.0. The Hall–Kier alpha value is -2.33. The Morgan fingerprint density at radius 1 is 1.19 bits per heavy atom. The van der Waals surface area contributed by atoms with E-state index in [1.165, 1.54) is 12.1 Å². The summed E-state index contributed by atoms with van der Waals surface area (Å²) in [7, 11) is 1.62. The van der Waals surface area contributed by atoms with E-state index in [9.17, 15) is 4.39 Å². The summed E-state index contributed by atoms with van der Waals surface area (Å²) in [5, 5.41) is 0.955. The number of aryl methyl sites for hydroxylation is 1. The van der Waals surface area contributed by atoms with Crippen molar-refractivity contribution in [3.63, 3.8) is 0 Å². The number of hydrogen-bond donors (Lipinski definition) is 1. The number of rotatable bonds is 3. The highest BCUT2D eigenvalue weighted by Gasteiger charge is 2.19. The molecule has 0 radical (unpaired) electrons. The van der Waals surface area contributed by atoms with Crippen LogP contribution < -0.4 is 10.5 Å². The molecule has 0 spiro atoms. The van der Waals surface area contributed by atoms with Crippen LogP contribution in [0.5, 0.6) is 5.75 Å². The van der Waals surface area contributed by atoms with Crippen molar-refractivity contribution >= 4 is 11.0 Å². The fourth-order valence-corrected chi connectivity index (χ4v) is 2.49. The number of methoxy groups -OCH3 is 1. The quantitative estimate of drug-likeness (QED) is 0.793. The maximum Gasteiger partial charge on any atom is 0.134 e. The topological polar surface area (TPSA) is 48.4 Å². The smallest absolute Gasteiger partial charge is 0.134 e. The van der Waals surface area contributed by atoms with E-state index in [0.29, 0.717) is 11.3 Å². The first kappa shape index (κ1) is 13.6. The molecule has 0 saturated carbocycles. The third-order valence-electron chi connectivity index (χ3n) is 3.67. The van der Waals surface area contributed by atoms with Gasteiger partial charge in [0.2, 0.25) is 0 Å². The monoisotopic (exact) mass is 285 g/mol. The molecule has 4 heteroatoms. The van der Waals surface area contributed by atoms with Crippen molar-refractivity contribution in [1.82, 2.24) is 0 Å². The second kappa shape index (κ2) is 5.22. The Morgan fingerprint density at radius 2 is 2.00 bits per heavy atom. The number of ether oxygens (including phenoxy) is 1. The normalized spacial score (nSPS) is 12.6. The van der Waals surface area contributed by atoms with Gasteiger partial charge in [0.1, 0.15) is 22.9 Å². The van der Waals surface area contributed by atoms with Gasteiger partial charge in [-0.25, -0.2) is 4.39 Å². The molecule has 1 unspecified atom stereocenters. The number of benzene rings is 2. The molecule has 1 atom stereocenters. The van der Waals surface area contributed by atoms with Gasteiger partial charge in [0, 0.05) is 10.9 Å². The molecule has 0 amide bonds. The molecule has 0 aliphatic carbocycles. The van der Waals surface area contributed by atoms with Crippen molar-refractivity contribution in [1.29, 1.82) is 0 Å². The summed E-state index contributed by atoms with van der Waals surface area (Å²) in [5.41, 5.74) is 8.60. The maximum atomic E-state index is 13.3. The van der Waals surface area contributed by atoms with Gasteiger partial charge in [0.05, 0.1) is 13.2 Å². The third-order valence-corrected chi connectivity index (χ3v) is 3.67. The Morgan fingerprint density at radius 3 is 2.71 bits per heavy atom. The van der Waals surface area contributed by atoms with Crippen LogP contribution in [0.15, 0.2) is 46.9 Å². The standard InChI is InChI=1S/C17H16FNO2/c1-10-14-9-13(20-2)6-7-15(14)21-17(10)16(19)11-4-3-5-12(18)8-11/h3-9,16H,19H2,1-2H3. The van der Waals surface area contributed by atoms with Crippen LogP contribution >= 0.6 is 0 Å². The lowest BCUT2D eigenvalue weighted by atomic mass is 10.0. The summed E-state index contributed by atoms with van der Waals surface area (Å²) in [6.07, 6.45) is 0. The van der Waals surface area contributed by atoms with E-state index in [-0.39, 0.29) is 5.82 Å². The molecule has 0 fully saturated rings. The van der Waals surface area contributed by atoms with Gasteiger partial charge in [-0.2, -0.15) is 0 Å². The first-order chi connectivity index (χ1) is 10.1. The van der Waals surface area contributed by atoms with Gasteiger partial charge in [-0.15, -0.1) is 0 Å². The van der Waals surface area contributed by atoms with E-state index in [4.69, 9.17) is 14.9 Å². The second-order valence-electron chi connectivity index (χ2n) is 4.99. The fraction of sp³-hybridized carbons (Fsp3) is 0.176. The lowest BCUT2D eigenvalue weighted by Gasteiger charge is -2.10. The molecule has 0 aliphatic heterocycles. The molecule has 2 aromatic carbocycles.